The molecule has 0 spiro atoms. The number of rotatable bonds is 4. The highest BCUT2D eigenvalue weighted by atomic mass is 35.5. The van der Waals surface area contributed by atoms with Crippen LogP contribution >= 0.6 is 23.2 Å². The molecular weight excluding hydrogens is 335 g/mol. The maximum absolute atomic E-state index is 12.2. The zero-order valence-corrected chi connectivity index (χ0v) is 13.9. The van der Waals surface area contributed by atoms with E-state index in [4.69, 9.17) is 23.2 Å². The first-order valence-electron chi connectivity index (χ1n) is 7.31. The highest BCUT2D eigenvalue weighted by molar-refractivity contribution is 6.42. The topological polar surface area (TPSA) is 59.0 Å². The molecule has 0 saturated heterocycles. The quantitative estimate of drug-likeness (QED) is 0.833. The summed E-state index contributed by atoms with van der Waals surface area (Å²) in [4.78, 5) is 12.2. The minimum atomic E-state index is -0.191. The van der Waals surface area contributed by atoms with Crippen molar-refractivity contribution in [3.63, 3.8) is 0 Å². The third kappa shape index (κ3) is 3.93. The Morgan fingerprint density at radius 3 is 2.91 bits per heavy atom. The van der Waals surface area contributed by atoms with Crippen molar-refractivity contribution in [2.75, 3.05) is 19.6 Å². The van der Waals surface area contributed by atoms with Crippen LogP contribution in [0.3, 0.4) is 0 Å². The van der Waals surface area contributed by atoms with Crippen LogP contribution in [0.5, 0.6) is 0 Å². The summed E-state index contributed by atoms with van der Waals surface area (Å²) < 4.78 is 1.60. The molecule has 0 atom stereocenters. The Hall–Kier alpha value is -1.82. The normalized spacial score (nSPS) is 14.4. The zero-order chi connectivity index (χ0) is 16.2. The van der Waals surface area contributed by atoms with Crippen molar-refractivity contribution in [1.82, 2.24) is 20.4 Å². The number of aromatic nitrogens is 2. The fourth-order valence-corrected chi connectivity index (χ4v) is 2.62. The van der Waals surface area contributed by atoms with Gasteiger partial charge in [-0.15, -0.1) is 0 Å². The molecule has 2 heterocycles. The molecule has 1 aliphatic heterocycles. The van der Waals surface area contributed by atoms with Crippen molar-refractivity contribution < 1.29 is 4.79 Å². The van der Waals surface area contributed by atoms with Crippen molar-refractivity contribution in [3.8, 4) is 5.69 Å². The molecule has 2 aromatic rings. The SMILES string of the molecule is O=C(NCC1=CCNCC1)c1ccn(-c2ccc(Cl)c(Cl)c2)n1. The maximum Gasteiger partial charge on any atom is 0.272 e. The van der Waals surface area contributed by atoms with E-state index in [-0.39, 0.29) is 5.91 Å². The van der Waals surface area contributed by atoms with Gasteiger partial charge in [-0.1, -0.05) is 34.9 Å². The Morgan fingerprint density at radius 2 is 2.17 bits per heavy atom. The number of hydrogen-bond acceptors (Lipinski definition) is 3. The summed E-state index contributed by atoms with van der Waals surface area (Å²) in [5.74, 6) is -0.191. The van der Waals surface area contributed by atoms with Crippen LogP contribution < -0.4 is 10.6 Å². The number of carbonyl (C=O) groups is 1. The lowest BCUT2D eigenvalue weighted by Crippen LogP contribution is -2.29. The van der Waals surface area contributed by atoms with Gasteiger partial charge in [0, 0.05) is 19.3 Å². The van der Waals surface area contributed by atoms with Gasteiger partial charge >= 0.3 is 0 Å². The van der Waals surface area contributed by atoms with Crippen molar-refractivity contribution in [2.45, 2.75) is 6.42 Å². The van der Waals surface area contributed by atoms with Gasteiger partial charge in [0.1, 0.15) is 0 Å². The van der Waals surface area contributed by atoms with Crippen LogP contribution in [0.15, 0.2) is 42.1 Å². The van der Waals surface area contributed by atoms with Crippen molar-refractivity contribution >= 4 is 29.1 Å². The van der Waals surface area contributed by atoms with Crippen LogP contribution in [0.25, 0.3) is 5.69 Å². The van der Waals surface area contributed by atoms with Crippen LogP contribution in [-0.2, 0) is 0 Å². The lowest BCUT2D eigenvalue weighted by molar-refractivity contribution is 0.0951. The highest BCUT2D eigenvalue weighted by Gasteiger charge is 2.12. The number of benzene rings is 1. The maximum atomic E-state index is 12.2. The lowest BCUT2D eigenvalue weighted by Gasteiger charge is -2.14. The van der Waals surface area contributed by atoms with Crippen LogP contribution in [0, 0.1) is 0 Å². The summed E-state index contributed by atoms with van der Waals surface area (Å²) in [6, 6.07) is 6.88. The molecule has 23 heavy (non-hydrogen) atoms. The molecule has 0 radical (unpaired) electrons. The molecule has 0 unspecified atom stereocenters. The third-order valence-electron chi connectivity index (χ3n) is 3.62. The van der Waals surface area contributed by atoms with Crippen LogP contribution in [0.1, 0.15) is 16.9 Å². The largest absolute Gasteiger partial charge is 0.347 e. The van der Waals surface area contributed by atoms with Gasteiger partial charge in [0.2, 0.25) is 0 Å². The van der Waals surface area contributed by atoms with Gasteiger partial charge in [-0.25, -0.2) is 4.68 Å². The summed E-state index contributed by atoms with van der Waals surface area (Å²) in [5.41, 5.74) is 2.35. The molecule has 5 nitrogen and oxygen atoms in total. The minimum absolute atomic E-state index is 0.191. The fourth-order valence-electron chi connectivity index (χ4n) is 2.33. The average Bonchev–Trinajstić information content (AvgIpc) is 3.06. The number of hydrogen-bond donors (Lipinski definition) is 2. The second-order valence-corrected chi connectivity index (χ2v) is 6.06. The van der Waals surface area contributed by atoms with E-state index in [2.05, 4.69) is 21.8 Å². The van der Waals surface area contributed by atoms with Crippen LogP contribution in [-0.4, -0.2) is 35.3 Å². The number of nitrogens with zero attached hydrogens (tertiary/aromatic N) is 2. The molecule has 1 aromatic carbocycles. The first kappa shape index (κ1) is 16.1. The van der Waals surface area contributed by atoms with E-state index in [1.54, 1.807) is 35.1 Å². The van der Waals surface area contributed by atoms with Gasteiger partial charge in [-0.05, 0) is 37.2 Å². The van der Waals surface area contributed by atoms with Gasteiger partial charge in [-0.2, -0.15) is 5.10 Å². The smallest absolute Gasteiger partial charge is 0.272 e. The van der Waals surface area contributed by atoms with Gasteiger partial charge in [-0.3, -0.25) is 4.79 Å². The van der Waals surface area contributed by atoms with Crippen molar-refractivity contribution in [3.05, 3.63) is 57.9 Å². The van der Waals surface area contributed by atoms with E-state index in [9.17, 15) is 4.79 Å². The number of amides is 1. The molecule has 0 saturated carbocycles. The van der Waals surface area contributed by atoms with E-state index in [1.165, 1.54) is 5.57 Å². The molecular formula is C16H16Cl2N4O. The molecule has 7 heteroatoms. The molecule has 1 aliphatic rings. The van der Waals surface area contributed by atoms with Crippen LogP contribution in [0.4, 0.5) is 0 Å². The van der Waals surface area contributed by atoms with Crippen molar-refractivity contribution in [1.29, 1.82) is 0 Å². The van der Waals surface area contributed by atoms with Crippen LogP contribution in [0.2, 0.25) is 10.0 Å². The van der Waals surface area contributed by atoms with Gasteiger partial charge in [0.05, 0.1) is 15.7 Å². The third-order valence-corrected chi connectivity index (χ3v) is 4.36. The van der Waals surface area contributed by atoms with E-state index in [1.807, 2.05) is 0 Å². The Morgan fingerprint density at radius 1 is 1.30 bits per heavy atom. The second kappa shape index (κ2) is 7.17. The minimum Gasteiger partial charge on any atom is -0.347 e. The molecule has 2 N–H and O–H groups in total. The predicted octanol–water partition coefficient (Wildman–Crippen LogP) is 2.83. The van der Waals surface area contributed by atoms with Crippen molar-refractivity contribution in [2.24, 2.45) is 0 Å². The van der Waals surface area contributed by atoms with Gasteiger partial charge in [0.15, 0.2) is 5.69 Å². The molecule has 0 bridgehead atoms. The summed E-state index contributed by atoms with van der Waals surface area (Å²) in [5, 5.41) is 11.4. The Bertz CT molecular complexity index is 754. The molecule has 1 amide bonds. The summed E-state index contributed by atoms with van der Waals surface area (Å²) in [6.07, 6.45) is 4.79. The first-order chi connectivity index (χ1) is 11.1. The average molecular weight is 351 g/mol. The van der Waals surface area contributed by atoms with E-state index >= 15 is 0 Å². The lowest BCUT2D eigenvalue weighted by atomic mass is 10.1. The summed E-state index contributed by atoms with van der Waals surface area (Å²) >= 11 is 11.9. The molecule has 0 fully saturated rings. The van der Waals surface area contributed by atoms with E-state index in [0.717, 1.165) is 25.2 Å². The summed E-state index contributed by atoms with van der Waals surface area (Å²) in [7, 11) is 0. The molecule has 1 aromatic heterocycles. The van der Waals surface area contributed by atoms with E-state index in [0.29, 0.717) is 22.3 Å². The number of halogens is 2. The monoisotopic (exact) mass is 350 g/mol. The Labute approximate surface area is 144 Å². The summed E-state index contributed by atoms with van der Waals surface area (Å²) in [6.45, 7) is 2.37. The molecule has 3 rings (SSSR count). The number of carbonyl (C=O) groups excluding carboxylic acids is 1. The second-order valence-electron chi connectivity index (χ2n) is 5.24. The predicted molar refractivity (Wildman–Crippen MR) is 91.5 cm³/mol. The first-order valence-corrected chi connectivity index (χ1v) is 8.07. The Kier molecular flexibility index (Phi) is 5.00. The zero-order valence-electron chi connectivity index (χ0n) is 12.4. The Balaban J connectivity index is 1.67. The van der Waals surface area contributed by atoms with Gasteiger partial charge < -0.3 is 10.6 Å². The fraction of sp³-hybridized carbons (Fsp3) is 0.250. The molecule has 0 aliphatic carbocycles. The number of nitrogens with one attached hydrogen (secondary N) is 2. The standard InChI is InChI=1S/C16H16Cl2N4O/c17-13-2-1-12(9-14(13)18)22-8-5-15(21-22)16(23)20-10-11-3-6-19-7-4-11/h1-3,5,8-9,19H,4,6-7,10H2,(H,20,23). The highest BCUT2D eigenvalue weighted by Crippen LogP contribution is 2.24. The molecule has 120 valence electrons. The van der Waals surface area contributed by atoms with Gasteiger partial charge in [0.25, 0.3) is 5.91 Å². The van der Waals surface area contributed by atoms with E-state index < -0.39 is 0 Å².